The molecule has 7 heteroatoms. The number of aromatic nitrogens is 2. The summed E-state index contributed by atoms with van der Waals surface area (Å²) in [6.45, 7) is 2.04. The normalized spacial score (nSPS) is 24.5. The third-order valence-corrected chi connectivity index (χ3v) is 5.71. The van der Waals surface area contributed by atoms with Crippen molar-refractivity contribution in [2.75, 3.05) is 18.4 Å². The Hall–Kier alpha value is -1.99. The van der Waals surface area contributed by atoms with Gasteiger partial charge in [-0.1, -0.05) is 38.5 Å². The Bertz CT molecular complexity index is 618. The lowest BCUT2D eigenvalue weighted by Crippen LogP contribution is -2.52. The molecule has 1 atom stereocenters. The third kappa shape index (κ3) is 6.01. The van der Waals surface area contributed by atoms with Crippen molar-refractivity contribution in [3.8, 4) is 0 Å². The standard InChI is InChI=1S/C20H31N5O2/c26-19(25-27)9-8-17-13-23-18(14-22-17)24-20(10-5-11-21-15-20)12-16-6-3-1-2-4-7-16/h8-9,13-14,16,21,27H,1-7,10-12,15H2,(H,23,24)(H,25,26)/b9-8+/t20-/m1/s1. The maximum Gasteiger partial charge on any atom is 0.267 e. The number of amides is 1. The minimum Gasteiger partial charge on any atom is -0.362 e. The second kappa shape index (κ2) is 9.80. The third-order valence-electron chi connectivity index (χ3n) is 5.71. The summed E-state index contributed by atoms with van der Waals surface area (Å²) in [7, 11) is 0. The van der Waals surface area contributed by atoms with E-state index in [9.17, 15) is 4.79 Å². The van der Waals surface area contributed by atoms with Crippen LogP contribution in [-0.2, 0) is 4.79 Å². The van der Waals surface area contributed by atoms with Crippen molar-refractivity contribution in [3.63, 3.8) is 0 Å². The quantitative estimate of drug-likeness (QED) is 0.265. The molecule has 1 saturated heterocycles. The number of piperidine rings is 1. The number of hydrogen-bond acceptors (Lipinski definition) is 6. The van der Waals surface area contributed by atoms with Gasteiger partial charge in [0.05, 0.1) is 23.6 Å². The van der Waals surface area contributed by atoms with Gasteiger partial charge in [0.15, 0.2) is 0 Å². The van der Waals surface area contributed by atoms with Crippen LogP contribution in [0.1, 0.15) is 63.5 Å². The van der Waals surface area contributed by atoms with Crippen molar-refractivity contribution in [3.05, 3.63) is 24.2 Å². The largest absolute Gasteiger partial charge is 0.362 e. The number of carbonyl (C=O) groups excluding carboxylic acids is 1. The van der Waals surface area contributed by atoms with Crippen molar-refractivity contribution in [2.45, 2.75) is 63.3 Å². The monoisotopic (exact) mass is 373 g/mol. The molecule has 0 spiro atoms. The predicted octanol–water partition coefficient (Wildman–Crippen LogP) is 2.89. The fourth-order valence-electron chi connectivity index (χ4n) is 4.38. The molecule has 27 heavy (non-hydrogen) atoms. The van der Waals surface area contributed by atoms with Gasteiger partial charge in [0.2, 0.25) is 0 Å². The van der Waals surface area contributed by atoms with Crippen molar-refractivity contribution < 1.29 is 10.0 Å². The summed E-state index contributed by atoms with van der Waals surface area (Å²) < 4.78 is 0. The molecule has 4 N–H and O–H groups in total. The van der Waals surface area contributed by atoms with E-state index in [1.807, 2.05) is 0 Å². The summed E-state index contributed by atoms with van der Waals surface area (Å²) in [5.74, 6) is 0.970. The van der Waals surface area contributed by atoms with E-state index in [2.05, 4.69) is 20.6 Å². The lowest BCUT2D eigenvalue weighted by atomic mass is 9.79. The number of hydroxylamine groups is 1. The zero-order chi connectivity index (χ0) is 19.0. The summed E-state index contributed by atoms with van der Waals surface area (Å²) >= 11 is 0. The Morgan fingerprint density at radius 2 is 2.04 bits per heavy atom. The average Bonchev–Trinajstić information content (AvgIpc) is 2.96. The molecule has 148 valence electrons. The van der Waals surface area contributed by atoms with Crippen LogP contribution in [0.2, 0.25) is 0 Å². The number of anilines is 1. The molecule has 0 unspecified atom stereocenters. The van der Waals surface area contributed by atoms with Crippen LogP contribution in [-0.4, -0.2) is 39.7 Å². The zero-order valence-electron chi connectivity index (χ0n) is 15.9. The maximum atomic E-state index is 11.1. The van der Waals surface area contributed by atoms with Crippen molar-refractivity contribution in [2.24, 2.45) is 5.92 Å². The van der Waals surface area contributed by atoms with Crippen LogP contribution in [0.25, 0.3) is 6.08 Å². The Labute approximate surface area is 161 Å². The Morgan fingerprint density at radius 1 is 1.22 bits per heavy atom. The van der Waals surface area contributed by atoms with Gasteiger partial charge >= 0.3 is 0 Å². The number of nitrogens with one attached hydrogen (secondary N) is 3. The molecule has 3 rings (SSSR count). The van der Waals surface area contributed by atoms with Crippen LogP contribution in [0, 0.1) is 5.92 Å². The second-order valence-electron chi connectivity index (χ2n) is 7.88. The lowest BCUT2D eigenvalue weighted by Gasteiger charge is -2.41. The molecule has 0 bridgehead atoms. The molecule has 2 heterocycles. The molecular formula is C20H31N5O2. The van der Waals surface area contributed by atoms with Gasteiger partial charge in [0.1, 0.15) is 5.82 Å². The summed E-state index contributed by atoms with van der Waals surface area (Å²) in [6.07, 6.45) is 17.7. The van der Waals surface area contributed by atoms with E-state index < -0.39 is 5.91 Å². The fourth-order valence-corrected chi connectivity index (χ4v) is 4.38. The molecule has 1 amide bonds. The van der Waals surface area contributed by atoms with Gasteiger partial charge in [-0.3, -0.25) is 15.0 Å². The highest BCUT2D eigenvalue weighted by atomic mass is 16.5. The minimum absolute atomic E-state index is 0.0378. The SMILES string of the molecule is O=C(/C=C/c1cnc(N[C@@]2(CC3CCCCCC3)CCCNC2)cn1)NO. The minimum atomic E-state index is -0.588. The smallest absolute Gasteiger partial charge is 0.267 e. The summed E-state index contributed by atoms with van der Waals surface area (Å²) in [6, 6.07) is 0. The number of nitrogens with zero attached hydrogens (tertiary/aromatic N) is 2. The number of carbonyl (C=O) groups is 1. The van der Waals surface area contributed by atoms with Crippen LogP contribution in [0.3, 0.4) is 0 Å². The van der Waals surface area contributed by atoms with Gasteiger partial charge in [0, 0.05) is 12.6 Å². The van der Waals surface area contributed by atoms with E-state index in [1.165, 1.54) is 63.5 Å². The van der Waals surface area contributed by atoms with E-state index >= 15 is 0 Å². The van der Waals surface area contributed by atoms with E-state index in [1.54, 1.807) is 17.9 Å². The predicted molar refractivity (Wildman–Crippen MR) is 105 cm³/mol. The Morgan fingerprint density at radius 3 is 2.67 bits per heavy atom. The molecule has 2 fully saturated rings. The first-order chi connectivity index (χ1) is 13.2. The van der Waals surface area contributed by atoms with Gasteiger partial charge in [-0.25, -0.2) is 10.5 Å². The molecule has 2 aliphatic rings. The van der Waals surface area contributed by atoms with Crippen LogP contribution in [0.15, 0.2) is 18.5 Å². The van der Waals surface area contributed by atoms with Gasteiger partial charge in [-0.15, -0.1) is 0 Å². The number of rotatable bonds is 6. The first-order valence-corrected chi connectivity index (χ1v) is 10.1. The average molecular weight is 374 g/mol. The molecule has 1 aromatic heterocycles. The molecule has 1 aliphatic heterocycles. The highest BCUT2D eigenvalue weighted by Gasteiger charge is 2.35. The van der Waals surface area contributed by atoms with Crippen LogP contribution in [0.4, 0.5) is 5.82 Å². The van der Waals surface area contributed by atoms with E-state index in [0.29, 0.717) is 5.69 Å². The molecule has 0 radical (unpaired) electrons. The Balaban J connectivity index is 1.66. The highest BCUT2D eigenvalue weighted by molar-refractivity contribution is 5.90. The summed E-state index contributed by atoms with van der Waals surface area (Å²) in [4.78, 5) is 19.9. The van der Waals surface area contributed by atoms with Gasteiger partial charge < -0.3 is 10.6 Å². The van der Waals surface area contributed by atoms with Gasteiger partial charge in [-0.05, 0) is 37.8 Å². The topological polar surface area (TPSA) is 99.2 Å². The van der Waals surface area contributed by atoms with Gasteiger partial charge in [0.25, 0.3) is 5.91 Å². The van der Waals surface area contributed by atoms with Crippen LogP contribution < -0.4 is 16.1 Å². The molecule has 1 aromatic rings. The van der Waals surface area contributed by atoms with E-state index in [-0.39, 0.29) is 5.54 Å². The van der Waals surface area contributed by atoms with Crippen molar-refractivity contribution in [1.82, 2.24) is 20.8 Å². The molecule has 1 saturated carbocycles. The lowest BCUT2D eigenvalue weighted by molar-refractivity contribution is -0.124. The highest BCUT2D eigenvalue weighted by Crippen LogP contribution is 2.34. The molecular weight excluding hydrogens is 342 g/mol. The van der Waals surface area contributed by atoms with Crippen LogP contribution in [0.5, 0.6) is 0 Å². The summed E-state index contributed by atoms with van der Waals surface area (Å²) in [5, 5.41) is 15.8. The molecule has 0 aromatic carbocycles. The molecule has 1 aliphatic carbocycles. The molecule has 7 nitrogen and oxygen atoms in total. The fraction of sp³-hybridized carbons (Fsp3) is 0.650. The van der Waals surface area contributed by atoms with Crippen molar-refractivity contribution >= 4 is 17.8 Å². The van der Waals surface area contributed by atoms with Crippen molar-refractivity contribution in [1.29, 1.82) is 0 Å². The maximum absolute atomic E-state index is 11.1. The first-order valence-electron chi connectivity index (χ1n) is 10.1. The first kappa shape index (κ1) is 19.8. The zero-order valence-corrected chi connectivity index (χ0v) is 15.9. The number of hydrogen-bond donors (Lipinski definition) is 4. The second-order valence-corrected chi connectivity index (χ2v) is 7.88. The Kier molecular flexibility index (Phi) is 7.18. The van der Waals surface area contributed by atoms with E-state index in [4.69, 9.17) is 5.21 Å². The summed E-state index contributed by atoms with van der Waals surface area (Å²) in [5.41, 5.74) is 2.17. The van der Waals surface area contributed by atoms with Crippen LogP contribution >= 0.6 is 0 Å². The van der Waals surface area contributed by atoms with E-state index in [0.717, 1.165) is 31.2 Å². The van der Waals surface area contributed by atoms with Gasteiger partial charge in [-0.2, -0.15) is 0 Å².